The van der Waals surface area contributed by atoms with Crippen molar-refractivity contribution in [2.45, 2.75) is 33.1 Å². The number of ether oxygens (including phenoxy) is 2. The Balaban J connectivity index is 1.39. The van der Waals surface area contributed by atoms with Crippen molar-refractivity contribution in [3.05, 3.63) is 82.8 Å². The molecule has 2 heterocycles. The topological polar surface area (TPSA) is 64.8 Å². The molecule has 3 aromatic rings. The van der Waals surface area contributed by atoms with E-state index in [9.17, 15) is 4.79 Å². The summed E-state index contributed by atoms with van der Waals surface area (Å²) in [6.45, 7) is 5.76. The maximum atomic E-state index is 12.4. The van der Waals surface area contributed by atoms with Crippen LogP contribution in [0.2, 0.25) is 0 Å². The monoisotopic (exact) mass is 480 g/mol. The van der Waals surface area contributed by atoms with Crippen LogP contribution in [0.4, 0.5) is 0 Å². The lowest BCUT2D eigenvalue weighted by Gasteiger charge is -2.25. The summed E-state index contributed by atoms with van der Waals surface area (Å²) in [5.74, 6) is 1.96. The second-order valence-corrected chi connectivity index (χ2v) is 8.69. The molecule has 1 aromatic heterocycles. The molecule has 6 nitrogen and oxygen atoms in total. The first-order valence-electron chi connectivity index (χ1n) is 11.6. The van der Waals surface area contributed by atoms with Crippen LogP contribution in [0.25, 0.3) is 11.5 Å². The Bertz CT molecular complexity index is 1160. The summed E-state index contributed by atoms with van der Waals surface area (Å²) in [5, 5.41) is 0. The maximum Gasteiger partial charge on any atom is 0.334 e. The summed E-state index contributed by atoms with van der Waals surface area (Å²) in [7, 11) is 0. The SMILES string of the molecule is CCOC(=O)C1=C(Cc2cccc(OCCc3nc(-c4ccccc4)oc3C)c2)CN(Cl)CC1. The van der Waals surface area contributed by atoms with Gasteiger partial charge in [-0.25, -0.2) is 14.2 Å². The Morgan fingerprint density at radius 2 is 2.00 bits per heavy atom. The molecular formula is C27H29ClN2O4. The van der Waals surface area contributed by atoms with Crippen LogP contribution < -0.4 is 4.74 Å². The fraction of sp³-hybridized carbons (Fsp3) is 0.333. The fourth-order valence-electron chi connectivity index (χ4n) is 4.04. The lowest BCUT2D eigenvalue weighted by Crippen LogP contribution is -2.28. The van der Waals surface area contributed by atoms with Gasteiger partial charge in [-0.1, -0.05) is 30.3 Å². The van der Waals surface area contributed by atoms with Crippen LogP contribution >= 0.6 is 11.8 Å². The van der Waals surface area contributed by atoms with Crippen LogP contribution in [0.15, 0.2) is 70.2 Å². The van der Waals surface area contributed by atoms with Gasteiger partial charge in [-0.15, -0.1) is 0 Å². The minimum absolute atomic E-state index is 0.243. The number of nitrogens with zero attached hydrogens (tertiary/aromatic N) is 2. The van der Waals surface area contributed by atoms with Gasteiger partial charge >= 0.3 is 5.97 Å². The third kappa shape index (κ3) is 6.07. The summed E-state index contributed by atoms with van der Waals surface area (Å²) < 4.78 is 18.8. The Hall–Kier alpha value is -3.09. The zero-order chi connectivity index (χ0) is 23.9. The Kier molecular flexibility index (Phi) is 8.03. The van der Waals surface area contributed by atoms with E-state index >= 15 is 0 Å². The van der Waals surface area contributed by atoms with Crippen molar-refractivity contribution in [3.63, 3.8) is 0 Å². The highest BCUT2D eigenvalue weighted by Crippen LogP contribution is 2.26. The molecule has 0 bridgehead atoms. The molecule has 1 aliphatic rings. The van der Waals surface area contributed by atoms with E-state index in [-0.39, 0.29) is 5.97 Å². The van der Waals surface area contributed by atoms with Crippen molar-refractivity contribution in [3.8, 4) is 17.2 Å². The smallest absolute Gasteiger partial charge is 0.334 e. The molecule has 0 atom stereocenters. The number of esters is 1. The van der Waals surface area contributed by atoms with Crippen molar-refractivity contribution in [2.24, 2.45) is 0 Å². The second kappa shape index (κ2) is 11.4. The summed E-state index contributed by atoms with van der Waals surface area (Å²) in [6, 6.07) is 17.8. The van der Waals surface area contributed by atoms with Gasteiger partial charge < -0.3 is 13.9 Å². The molecule has 4 rings (SSSR count). The molecule has 178 valence electrons. The minimum atomic E-state index is -0.243. The van der Waals surface area contributed by atoms with Gasteiger partial charge in [-0.05, 0) is 73.9 Å². The number of benzene rings is 2. The number of carbonyl (C=O) groups excluding carboxylic acids is 1. The number of halogens is 1. The minimum Gasteiger partial charge on any atom is -0.493 e. The molecule has 0 radical (unpaired) electrons. The molecule has 7 heteroatoms. The van der Waals surface area contributed by atoms with Gasteiger partial charge in [0.2, 0.25) is 5.89 Å². The van der Waals surface area contributed by atoms with Crippen molar-refractivity contribution in [1.82, 2.24) is 9.40 Å². The van der Waals surface area contributed by atoms with Crippen LogP contribution in [0.3, 0.4) is 0 Å². The van der Waals surface area contributed by atoms with Crippen molar-refractivity contribution < 1.29 is 18.7 Å². The van der Waals surface area contributed by atoms with E-state index in [1.807, 2.05) is 68.4 Å². The third-order valence-corrected chi connectivity index (χ3v) is 6.04. The first-order valence-corrected chi connectivity index (χ1v) is 11.9. The summed E-state index contributed by atoms with van der Waals surface area (Å²) in [5.41, 5.74) is 4.64. The highest BCUT2D eigenvalue weighted by molar-refractivity contribution is 6.13. The zero-order valence-corrected chi connectivity index (χ0v) is 20.3. The Morgan fingerprint density at radius 3 is 2.79 bits per heavy atom. The molecule has 1 aliphatic heterocycles. The highest BCUT2D eigenvalue weighted by atomic mass is 35.5. The predicted octanol–water partition coefficient (Wildman–Crippen LogP) is 5.53. The van der Waals surface area contributed by atoms with Crippen LogP contribution in [0, 0.1) is 6.92 Å². The number of rotatable bonds is 9. The van der Waals surface area contributed by atoms with Crippen LogP contribution in [-0.4, -0.2) is 41.7 Å². The van der Waals surface area contributed by atoms with Gasteiger partial charge in [0.1, 0.15) is 11.5 Å². The van der Waals surface area contributed by atoms with Gasteiger partial charge in [0.15, 0.2) is 0 Å². The Labute approximate surface area is 205 Å². The normalized spacial score (nSPS) is 14.3. The molecule has 0 saturated carbocycles. The summed E-state index contributed by atoms with van der Waals surface area (Å²) >= 11 is 6.25. The first kappa shape index (κ1) is 24.0. The highest BCUT2D eigenvalue weighted by Gasteiger charge is 2.23. The van der Waals surface area contributed by atoms with Gasteiger partial charge in [-0.3, -0.25) is 0 Å². The summed E-state index contributed by atoms with van der Waals surface area (Å²) in [6.07, 6.45) is 1.86. The van der Waals surface area contributed by atoms with Gasteiger partial charge in [0.25, 0.3) is 0 Å². The average Bonchev–Trinajstić information content (AvgIpc) is 3.20. The van der Waals surface area contributed by atoms with E-state index in [2.05, 4.69) is 4.98 Å². The van der Waals surface area contributed by atoms with Gasteiger partial charge in [-0.2, -0.15) is 0 Å². The molecule has 2 aromatic carbocycles. The maximum absolute atomic E-state index is 12.4. The van der Waals surface area contributed by atoms with Crippen molar-refractivity contribution >= 4 is 17.7 Å². The van der Waals surface area contributed by atoms with Crippen LogP contribution in [0.1, 0.15) is 30.4 Å². The molecule has 0 N–H and O–H groups in total. The number of aryl methyl sites for hydroxylation is 1. The molecule has 0 aliphatic carbocycles. The quantitative estimate of drug-likeness (QED) is 0.296. The number of hydrogen-bond donors (Lipinski definition) is 0. The van der Waals surface area contributed by atoms with E-state index < -0.39 is 0 Å². The van der Waals surface area contributed by atoms with E-state index in [0.717, 1.165) is 39.5 Å². The first-order chi connectivity index (χ1) is 16.5. The molecule has 0 unspecified atom stereocenters. The molecule has 0 fully saturated rings. The molecular weight excluding hydrogens is 452 g/mol. The standard InChI is InChI=1S/C27H29ClN2O4/c1-3-32-27(31)24-12-14-30(28)18-22(24)16-20-8-7-11-23(17-20)33-15-13-25-19(2)34-26(29-25)21-9-5-4-6-10-21/h4-11,17H,3,12-16,18H2,1-2H3. The van der Waals surface area contributed by atoms with E-state index in [0.29, 0.717) is 51.5 Å². The number of aromatic nitrogens is 1. The van der Waals surface area contributed by atoms with E-state index in [1.165, 1.54) is 0 Å². The summed E-state index contributed by atoms with van der Waals surface area (Å²) in [4.78, 5) is 17.0. The lowest BCUT2D eigenvalue weighted by atomic mass is 9.95. The predicted molar refractivity (Wildman–Crippen MR) is 132 cm³/mol. The molecule has 0 amide bonds. The third-order valence-electron chi connectivity index (χ3n) is 5.75. The molecule has 34 heavy (non-hydrogen) atoms. The Morgan fingerprint density at radius 1 is 1.18 bits per heavy atom. The molecule has 0 spiro atoms. The average molecular weight is 481 g/mol. The van der Waals surface area contributed by atoms with E-state index in [1.54, 1.807) is 4.42 Å². The number of oxazole rings is 1. The van der Waals surface area contributed by atoms with Crippen molar-refractivity contribution in [2.75, 3.05) is 26.3 Å². The number of hydrogen-bond acceptors (Lipinski definition) is 6. The van der Waals surface area contributed by atoms with Gasteiger partial charge in [0, 0.05) is 30.6 Å². The van der Waals surface area contributed by atoms with Crippen LogP contribution in [-0.2, 0) is 22.4 Å². The largest absolute Gasteiger partial charge is 0.493 e. The second-order valence-electron chi connectivity index (χ2n) is 8.21. The van der Waals surface area contributed by atoms with Crippen molar-refractivity contribution in [1.29, 1.82) is 0 Å². The molecule has 0 saturated heterocycles. The van der Waals surface area contributed by atoms with E-state index in [4.69, 9.17) is 25.7 Å². The fourth-order valence-corrected chi connectivity index (χ4v) is 4.27. The number of carbonyl (C=O) groups is 1. The lowest BCUT2D eigenvalue weighted by molar-refractivity contribution is -0.138. The van der Waals surface area contributed by atoms with Gasteiger partial charge in [0.05, 0.1) is 18.9 Å². The zero-order valence-electron chi connectivity index (χ0n) is 19.6. The van der Waals surface area contributed by atoms with Crippen LogP contribution in [0.5, 0.6) is 5.75 Å².